The van der Waals surface area contributed by atoms with Gasteiger partial charge in [-0.15, -0.1) is 0 Å². The molecule has 0 spiro atoms. The van der Waals surface area contributed by atoms with Gasteiger partial charge in [0.25, 0.3) is 5.56 Å². The van der Waals surface area contributed by atoms with E-state index < -0.39 is 17.2 Å². The molecule has 8 heteroatoms. The van der Waals surface area contributed by atoms with Gasteiger partial charge in [-0.1, -0.05) is 17.7 Å². The van der Waals surface area contributed by atoms with Crippen LogP contribution in [0.5, 0.6) is 0 Å². The largest absolute Gasteiger partial charge is 0.380 e. The molecule has 0 aliphatic carbocycles. The fraction of sp³-hybridized carbons (Fsp3) is 0.263. The highest BCUT2D eigenvalue weighted by Gasteiger charge is 2.30. The van der Waals surface area contributed by atoms with Crippen LogP contribution in [-0.4, -0.2) is 29.3 Å². The summed E-state index contributed by atoms with van der Waals surface area (Å²) in [5.74, 6) is -1.20. The minimum Gasteiger partial charge on any atom is -0.380 e. The van der Waals surface area contributed by atoms with E-state index in [2.05, 4.69) is 10.3 Å². The van der Waals surface area contributed by atoms with Crippen LogP contribution in [0, 0.1) is 11.6 Å². The number of rotatable bonds is 3. The summed E-state index contributed by atoms with van der Waals surface area (Å²) in [6.07, 6.45) is 0.534. The Morgan fingerprint density at radius 2 is 2.00 bits per heavy atom. The van der Waals surface area contributed by atoms with Crippen LogP contribution in [0.2, 0.25) is 5.02 Å². The molecule has 4 rings (SSSR count). The first-order chi connectivity index (χ1) is 13.0. The van der Waals surface area contributed by atoms with Crippen molar-refractivity contribution < 1.29 is 13.5 Å². The Morgan fingerprint density at radius 1 is 1.26 bits per heavy atom. The molecule has 2 heterocycles. The van der Waals surface area contributed by atoms with Crippen molar-refractivity contribution in [3.05, 3.63) is 69.2 Å². The van der Waals surface area contributed by atoms with Crippen molar-refractivity contribution in [2.75, 3.05) is 13.7 Å². The average molecular weight is 392 g/mol. The van der Waals surface area contributed by atoms with Crippen molar-refractivity contribution in [3.63, 3.8) is 0 Å². The van der Waals surface area contributed by atoms with Gasteiger partial charge in [0.05, 0.1) is 33.8 Å². The Labute approximate surface area is 158 Å². The molecule has 2 atom stereocenters. The van der Waals surface area contributed by atoms with Gasteiger partial charge in [0, 0.05) is 19.7 Å². The summed E-state index contributed by atoms with van der Waals surface area (Å²) in [6.45, 7) is 0.585. The molecular weight excluding hydrogens is 376 g/mol. The van der Waals surface area contributed by atoms with Crippen LogP contribution in [0.3, 0.4) is 0 Å². The lowest BCUT2D eigenvalue weighted by molar-refractivity contribution is 0.117. The van der Waals surface area contributed by atoms with Crippen LogP contribution < -0.4 is 10.9 Å². The van der Waals surface area contributed by atoms with Gasteiger partial charge in [0.2, 0.25) is 0 Å². The van der Waals surface area contributed by atoms with Gasteiger partial charge in [-0.05, 0) is 30.7 Å². The van der Waals surface area contributed by atoms with Crippen molar-refractivity contribution in [2.45, 2.75) is 18.6 Å². The minimum atomic E-state index is -0.781. The predicted octanol–water partition coefficient (Wildman–Crippen LogP) is 3.37. The highest BCUT2D eigenvalue weighted by atomic mass is 35.5. The number of benzene rings is 2. The van der Waals surface area contributed by atoms with Gasteiger partial charge in [-0.3, -0.25) is 9.36 Å². The first-order valence-electron chi connectivity index (χ1n) is 8.41. The number of fused-ring (bicyclic) bond motifs is 1. The van der Waals surface area contributed by atoms with Crippen LogP contribution in [0.4, 0.5) is 8.78 Å². The monoisotopic (exact) mass is 391 g/mol. The second kappa shape index (κ2) is 6.99. The fourth-order valence-electron chi connectivity index (χ4n) is 3.44. The van der Waals surface area contributed by atoms with Crippen molar-refractivity contribution in [3.8, 4) is 5.69 Å². The molecule has 2 aromatic carbocycles. The van der Waals surface area contributed by atoms with Gasteiger partial charge in [0.15, 0.2) is 0 Å². The Morgan fingerprint density at radius 3 is 2.67 bits per heavy atom. The van der Waals surface area contributed by atoms with Crippen molar-refractivity contribution >= 4 is 22.5 Å². The third-order valence-electron chi connectivity index (χ3n) is 4.71. The van der Waals surface area contributed by atoms with Crippen molar-refractivity contribution in [1.29, 1.82) is 0 Å². The van der Waals surface area contributed by atoms with E-state index in [1.165, 1.54) is 4.57 Å². The topological polar surface area (TPSA) is 56.1 Å². The van der Waals surface area contributed by atoms with Crippen LogP contribution >= 0.6 is 11.6 Å². The molecule has 0 bridgehead atoms. The molecular formula is C19H16ClF2N3O2. The predicted molar refractivity (Wildman–Crippen MR) is 98.4 cm³/mol. The first-order valence-corrected chi connectivity index (χ1v) is 8.79. The van der Waals surface area contributed by atoms with Gasteiger partial charge in [-0.25, -0.2) is 13.8 Å². The number of nitrogens with one attached hydrogen (secondary N) is 1. The summed E-state index contributed by atoms with van der Waals surface area (Å²) >= 11 is 6.20. The van der Waals surface area contributed by atoms with E-state index in [4.69, 9.17) is 16.3 Å². The molecule has 1 aliphatic heterocycles. The number of halogens is 3. The number of hydrogen-bond acceptors (Lipinski definition) is 4. The van der Waals surface area contributed by atoms with E-state index in [1.54, 1.807) is 25.3 Å². The zero-order valence-corrected chi connectivity index (χ0v) is 15.1. The van der Waals surface area contributed by atoms with E-state index in [0.717, 1.165) is 18.2 Å². The van der Waals surface area contributed by atoms with E-state index >= 15 is 0 Å². The Bertz CT molecular complexity index is 1070. The van der Waals surface area contributed by atoms with Crippen LogP contribution in [0.1, 0.15) is 18.3 Å². The summed E-state index contributed by atoms with van der Waals surface area (Å²) in [5, 5.41) is 3.69. The number of methoxy groups -OCH3 is 1. The first kappa shape index (κ1) is 18.0. The fourth-order valence-corrected chi connectivity index (χ4v) is 3.69. The second-order valence-corrected chi connectivity index (χ2v) is 6.83. The lowest BCUT2D eigenvalue weighted by atomic mass is 10.1. The SMILES string of the molecule is CO[C@@H]1CN[C@H](c2nc3cccc(Cl)c3c(=O)n2-c2cc(F)cc(F)c2)C1. The van der Waals surface area contributed by atoms with Crippen LogP contribution in [0.15, 0.2) is 41.2 Å². The van der Waals surface area contributed by atoms with E-state index in [1.807, 2.05) is 0 Å². The van der Waals surface area contributed by atoms with E-state index in [0.29, 0.717) is 24.3 Å². The summed E-state index contributed by atoms with van der Waals surface area (Å²) < 4.78 is 34.2. The third kappa shape index (κ3) is 3.22. The highest BCUT2D eigenvalue weighted by molar-refractivity contribution is 6.35. The van der Waals surface area contributed by atoms with Gasteiger partial charge < -0.3 is 10.1 Å². The minimum absolute atomic E-state index is 0.0420. The van der Waals surface area contributed by atoms with Gasteiger partial charge in [0.1, 0.15) is 17.5 Å². The quantitative estimate of drug-likeness (QED) is 0.743. The zero-order valence-electron chi connectivity index (χ0n) is 14.4. The standard InChI is InChI=1S/C19H16ClF2N3O2/c1-27-13-8-16(23-9-13)18-24-15-4-2-3-14(20)17(15)19(26)25(18)12-6-10(21)5-11(22)7-12/h2-7,13,16,23H,8-9H2,1H3/t13-,16-/m0/s1. The summed E-state index contributed by atoms with van der Waals surface area (Å²) in [5.41, 5.74) is 0.0102. The Hall–Kier alpha value is -2.35. The lowest BCUT2D eigenvalue weighted by Crippen LogP contribution is -2.29. The molecule has 0 amide bonds. The summed E-state index contributed by atoms with van der Waals surface area (Å²) in [4.78, 5) is 17.8. The molecule has 0 radical (unpaired) electrons. The third-order valence-corrected chi connectivity index (χ3v) is 5.03. The van der Waals surface area contributed by atoms with E-state index in [9.17, 15) is 13.6 Å². The molecule has 1 aliphatic rings. The molecule has 1 saturated heterocycles. The number of ether oxygens (including phenoxy) is 1. The molecule has 1 N–H and O–H groups in total. The van der Waals surface area contributed by atoms with E-state index in [-0.39, 0.29) is 28.2 Å². The van der Waals surface area contributed by atoms with Crippen molar-refractivity contribution in [1.82, 2.24) is 14.9 Å². The van der Waals surface area contributed by atoms with Crippen LogP contribution in [0.25, 0.3) is 16.6 Å². The maximum Gasteiger partial charge on any atom is 0.267 e. The van der Waals surface area contributed by atoms with Crippen LogP contribution in [-0.2, 0) is 4.74 Å². The smallest absolute Gasteiger partial charge is 0.267 e. The Kier molecular flexibility index (Phi) is 4.67. The number of nitrogens with zero attached hydrogens (tertiary/aromatic N) is 2. The zero-order chi connectivity index (χ0) is 19.1. The maximum atomic E-state index is 13.8. The molecule has 140 valence electrons. The summed E-state index contributed by atoms with van der Waals surface area (Å²) in [6, 6.07) is 7.61. The normalized spacial score (nSPS) is 19.7. The number of hydrogen-bond donors (Lipinski definition) is 1. The highest BCUT2D eigenvalue weighted by Crippen LogP contribution is 2.28. The molecule has 1 fully saturated rings. The maximum absolute atomic E-state index is 13.8. The molecule has 0 saturated carbocycles. The lowest BCUT2D eigenvalue weighted by Gasteiger charge is -2.18. The molecule has 27 heavy (non-hydrogen) atoms. The van der Waals surface area contributed by atoms with Crippen molar-refractivity contribution in [2.24, 2.45) is 0 Å². The Balaban J connectivity index is 2.02. The number of aromatic nitrogens is 2. The second-order valence-electron chi connectivity index (χ2n) is 6.43. The molecule has 0 unspecified atom stereocenters. The van der Waals surface area contributed by atoms with Gasteiger partial charge in [-0.2, -0.15) is 0 Å². The average Bonchev–Trinajstić information content (AvgIpc) is 3.09. The molecule has 1 aromatic heterocycles. The molecule has 5 nitrogen and oxygen atoms in total. The van der Waals surface area contributed by atoms with Gasteiger partial charge >= 0.3 is 0 Å². The molecule has 3 aromatic rings. The summed E-state index contributed by atoms with van der Waals surface area (Å²) in [7, 11) is 1.61.